The van der Waals surface area contributed by atoms with Crippen LogP contribution in [0.15, 0.2) is 67.1 Å². The van der Waals surface area contributed by atoms with E-state index in [0.717, 1.165) is 11.1 Å². The van der Waals surface area contributed by atoms with E-state index in [-0.39, 0.29) is 11.3 Å². The molecular formula is C29H31N5O7. The highest BCUT2D eigenvalue weighted by Gasteiger charge is 2.14. The molecule has 0 saturated carbocycles. The van der Waals surface area contributed by atoms with Gasteiger partial charge in [0, 0.05) is 48.8 Å². The average Bonchev–Trinajstić information content (AvgIpc) is 2.97. The molecule has 0 saturated heterocycles. The minimum atomic E-state index is -1.23. The second-order valence-corrected chi connectivity index (χ2v) is 8.71. The molecule has 0 aliphatic carbocycles. The summed E-state index contributed by atoms with van der Waals surface area (Å²) in [5.41, 5.74) is 9.02. The van der Waals surface area contributed by atoms with Crippen molar-refractivity contribution in [1.29, 1.82) is 0 Å². The Balaban J connectivity index is 1.57. The van der Waals surface area contributed by atoms with Gasteiger partial charge < -0.3 is 45.5 Å². The number of anilines is 3. The van der Waals surface area contributed by atoms with Crippen LogP contribution in [0.4, 0.5) is 17.2 Å². The molecule has 0 bridgehead atoms. The molecule has 0 unspecified atom stereocenters. The minimum absolute atomic E-state index is 0.217. The second kappa shape index (κ2) is 13.8. The number of aromatic nitrogens is 2. The van der Waals surface area contributed by atoms with Crippen LogP contribution in [0.3, 0.4) is 0 Å². The Kier molecular flexibility index (Phi) is 9.75. The molecule has 1 heterocycles. The van der Waals surface area contributed by atoms with E-state index in [1.165, 1.54) is 18.5 Å². The fourth-order valence-corrected chi connectivity index (χ4v) is 3.81. The zero-order valence-electron chi connectivity index (χ0n) is 22.6. The van der Waals surface area contributed by atoms with E-state index in [1.807, 2.05) is 30.3 Å². The number of fused-ring (bicyclic) bond motifs is 1. The van der Waals surface area contributed by atoms with Crippen LogP contribution in [-0.4, -0.2) is 66.8 Å². The number of hydrogen-bond donors (Lipinski definition) is 5. The van der Waals surface area contributed by atoms with Crippen LogP contribution < -0.4 is 25.8 Å². The Hall–Kier alpha value is -5.07. The average molecular weight is 562 g/mol. The first kappa shape index (κ1) is 28.9. The van der Waals surface area contributed by atoms with E-state index in [4.69, 9.17) is 24.7 Å². The van der Waals surface area contributed by atoms with Crippen molar-refractivity contribution in [2.45, 2.75) is 0 Å². The third-order valence-corrected chi connectivity index (χ3v) is 5.87. The molecule has 4 aromatic rings. The summed E-state index contributed by atoms with van der Waals surface area (Å²) < 4.78 is 22.0. The van der Waals surface area contributed by atoms with E-state index < -0.39 is 5.97 Å². The Morgan fingerprint density at radius 2 is 1.66 bits per heavy atom. The minimum Gasteiger partial charge on any atom is -0.507 e. The van der Waals surface area contributed by atoms with Gasteiger partial charge in [0.25, 0.3) is 0 Å². The maximum atomic E-state index is 11.3. The first-order valence-electron chi connectivity index (χ1n) is 12.6. The number of ether oxygens (including phenoxy) is 4. The SMILES string of the molecule is COCCOc1cc2ncnc(Nc3cccc(/C(N)=C/Nc4ccc(O)c(C(=O)O)c4)c3)c2cc1OCCOC. The van der Waals surface area contributed by atoms with Gasteiger partial charge in [-0.1, -0.05) is 12.1 Å². The van der Waals surface area contributed by atoms with Crippen molar-refractivity contribution in [1.82, 2.24) is 9.97 Å². The molecule has 1 aromatic heterocycles. The zero-order valence-corrected chi connectivity index (χ0v) is 22.6. The first-order valence-corrected chi connectivity index (χ1v) is 12.6. The summed E-state index contributed by atoms with van der Waals surface area (Å²) in [5, 5.41) is 25.9. The fourth-order valence-electron chi connectivity index (χ4n) is 3.81. The Bertz CT molecular complexity index is 1540. The second-order valence-electron chi connectivity index (χ2n) is 8.71. The molecule has 6 N–H and O–H groups in total. The van der Waals surface area contributed by atoms with Crippen LogP contribution in [0.5, 0.6) is 17.2 Å². The number of nitrogens with zero attached hydrogens (tertiary/aromatic N) is 2. The largest absolute Gasteiger partial charge is 0.507 e. The van der Waals surface area contributed by atoms with Gasteiger partial charge in [-0.05, 0) is 36.4 Å². The molecule has 0 spiro atoms. The normalized spacial score (nSPS) is 11.3. The Labute approximate surface area is 236 Å². The van der Waals surface area contributed by atoms with Gasteiger partial charge in [0.2, 0.25) is 0 Å². The van der Waals surface area contributed by atoms with Crippen LogP contribution in [-0.2, 0) is 9.47 Å². The standard InChI is InChI=1S/C29H31N5O7/c1-38-8-10-40-26-14-21-24(15-27(26)41-11-9-39-2)32-17-33-28(21)34-20-5-3-4-18(12-20)23(30)16-31-19-6-7-25(35)22(13-19)29(36)37/h3-7,12-17,31,35H,8-11,30H2,1-2H3,(H,36,37)(H,32,33,34)/b23-16-. The molecule has 0 amide bonds. The summed E-state index contributed by atoms with van der Waals surface area (Å²) in [6, 6.07) is 15.2. The van der Waals surface area contributed by atoms with Crippen LogP contribution >= 0.6 is 0 Å². The number of benzene rings is 3. The topological polar surface area (TPSA) is 170 Å². The van der Waals surface area contributed by atoms with Gasteiger partial charge in [-0.15, -0.1) is 0 Å². The summed E-state index contributed by atoms with van der Waals surface area (Å²) in [4.78, 5) is 20.1. The van der Waals surface area contributed by atoms with E-state index in [2.05, 4.69) is 20.6 Å². The van der Waals surface area contributed by atoms with Crippen molar-refractivity contribution in [2.75, 3.05) is 51.3 Å². The van der Waals surface area contributed by atoms with E-state index >= 15 is 0 Å². The number of carbonyl (C=O) groups is 1. The number of carboxylic acids is 1. The smallest absolute Gasteiger partial charge is 0.339 e. The first-order chi connectivity index (χ1) is 19.9. The summed E-state index contributed by atoms with van der Waals surface area (Å²) in [6.07, 6.45) is 3.01. The molecule has 0 atom stereocenters. The summed E-state index contributed by atoms with van der Waals surface area (Å²) in [6.45, 7) is 1.52. The molecule has 41 heavy (non-hydrogen) atoms. The van der Waals surface area contributed by atoms with E-state index in [9.17, 15) is 15.0 Å². The molecular weight excluding hydrogens is 530 g/mol. The predicted octanol–water partition coefficient (Wildman–Crippen LogP) is 4.20. The number of nitrogens with two attached hydrogens (primary N) is 1. The van der Waals surface area contributed by atoms with E-state index in [1.54, 1.807) is 32.6 Å². The maximum Gasteiger partial charge on any atom is 0.339 e. The third-order valence-electron chi connectivity index (χ3n) is 5.87. The number of phenols is 1. The fraction of sp³-hybridized carbons (Fsp3) is 0.207. The van der Waals surface area contributed by atoms with Crippen LogP contribution in [0, 0.1) is 0 Å². The monoisotopic (exact) mass is 561 g/mol. The van der Waals surface area contributed by atoms with Crippen LogP contribution in [0.2, 0.25) is 0 Å². The highest BCUT2D eigenvalue weighted by atomic mass is 16.5. The van der Waals surface area contributed by atoms with Gasteiger partial charge in [-0.3, -0.25) is 0 Å². The summed E-state index contributed by atoms with van der Waals surface area (Å²) in [7, 11) is 3.21. The number of rotatable bonds is 14. The van der Waals surface area contributed by atoms with Gasteiger partial charge in [-0.25, -0.2) is 14.8 Å². The van der Waals surface area contributed by atoms with Crippen molar-refractivity contribution in [3.63, 3.8) is 0 Å². The molecule has 214 valence electrons. The lowest BCUT2D eigenvalue weighted by molar-refractivity contribution is 0.0693. The third kappa shape index (κ3) is 7.53. The van der Waals surface area contributed by atoms with E-state index in [0.29, 0.717) is 66.2 Å². The molecule has 12 heteroatoms. The summed E-state index contributed by atoms with van der Waals surface area (Å²) in [5.74, 6) is 0.0582. The maximum absolute atomic E-state index is 11.3. The molecule has 0 radical (unpaired) electrons. The lowest BCUT2D eigenvalue weighted by Crippen LogP contribution is -2.09. The molecule has 0 aliphatic rings. The molecule has 3 aromatic carbocycles. The highest BCUT2D eigenvalue weighted by molar-refractivity contribution is 5.93. The Morgan fingerprint density at radius 1 is 0.927 bits per heavy atom. The van der Waals surface area contributed by atoms with Crippen molar-refractivity contribution < 1.29 is 34.0 Å². The quantitative estimate of drug-likeness (QED) is 0.110. The van der Waals surface area contributed by atoms with Gasteiger partial charge in [-0.2, -0.15) is 0 Å². The van der Waals surface area contributed by atoms with Gasteiger partial charge in [0.15, 0.2) is 11.5 Å². The summed E-state index contributed by atoms with van der Waals surface area (Å²) >= 11 is 0. The van der Waals surface area contributed by atoms with Crippen LogP contribution in [0.25, 0.3) is 16.6 Å². The molecule has 0 fully saturated rings. The van der Waals surface area contributed by atoms with Gasteiger partial charge >= 0.3 is 5.97 Å². The highest BCUT2D eigenvalue weighted by Crippen LogP contribution is 2.35. The number of aromatic hydroxyl groups is 1. The number of carboxylic acid groups (broad SMARTS) is 1. The zero-order chi connectivity index (χ0) is 29.2. The van der Waals surface area contributed by atoms with Gasteiger partial charge in [0.1, 0.15) is 36.7 Å². The number of methoxy groups -OCH3 is 2. The van der Waals surface area contributed by atoms with Crippen molar-refractivity contribution in [3.05, 3.63) is 78.3 Å². The Morgan fingerprint density at radius 3 is 2.37 bits per heavy atom. The van der Waals surface area contributed by atoms with Crippen molar-refractivity contribution >= 4 is 39.8 Å². The number of hydrogen-bond acceptors (Lipinski definition) is 11. The lowest BCUT2D eigenvalue weighted by atomic mass is 10.1. The number of nitrogens with one attached hydrogen (secondary N) is 2. The molecule has 12 nitrogen and oxygen atoms in total. The molecule has 4 rings (SSSR count). The van der Waals surface area contributed by atoms with Gasteiger partial charge in [0.05, 0.1) is 24.4 Å². The number of aromatic carboxylic acids is 1. The van der Waals surface area contributed by atoms with Crippen LogP contribution in [0.1, 0.15) is 15.9 Å². The van der Waals surface area contributed by atoms with Crippen molar-refractivity contribution in [3.8, 4) is 17.2 Å². The lowest BCUT2D eigenvalue weighted by Gasteiger charge is -2.15. The predicted molar refractivity (Wildman–Crippen MR) is 155 cm³/mol. The van der Waals surface area contributed by atoms with Crippen molar-refractivity contribution in [2.24, 2.45) is 5.73 Å². The molecule has 0 aliphatic heterocycles.